The zero-order valence-electron chi connectivity index (χ0n) is 27.1. The number of nitrogens with one attached hydrogen (secondary N) is 1. The van der Waals surface area contributed by atoms with E-state index in [2.05, 4.69) is 25.1 Å². The van der Waals surface area contributed by atoms with E-state index in [-0.39, 0.29) is 24.9 Å². The van der Waals surface area contributed by atoms with E-state index in [0.717, 1.165) is 36.0 Å². The molecule has 3 aliphatic rings. The summed E-state index contributed by atoms with van der Waals surface area (Å²) in [6.07, 6.45) is 5.36. The fourth-order valence-electron chi connectivity index (χ4n) is 7.10. The smallest absolute Gasteiger partial charge is 0.328 e. The number of imide groups is 1. The molecule has 0 saturated carbocycles. The molecular formula is C36H34F3N9O2. The first-order valence-corrected chi connectivity index (χ1v) is 16.7. The van der Waals surface area contributed by atoms with Gasteiger partial charge in [0.15, 0.2) is 5.65 Å². The Hall–Kier alpha value is -5.50. The van der Waals surface area contributed by atoms with Crippen LogP contribution in [0.1, 0.15) is 36.4 Å². The topological polar surface area (TPSA) is 102 Å². The molecule has 11 nitrogen and oxygen atoms in total. The number of benzene rings is 2. The van der Waals surface area contributed by atoms with E-state index in [1.54, 1.807) is 22.8 Å². The molecule has 0 unspecified atom stereocenters. The van der Waals surface area contributed by atoms with Gasteiger partial charge < -0.3 is 9.80 Å². The Balaban J connectivity index is 0.949. The van der Waals surface area contributed by atoms with E-state index in [1.165, 1.54) is 23.1 Å². The van der Waals surface area contributed by atoms with E-state index in [1.807, 2.05) is 30.5 Å². The number of urea groups is 1. The maximum Gasteiger partial charge on any atom is 0.328 e. The predicted octanol–water partition coefficient (Wildman–Crippen LogP) is 5.32. The van der Waals surface area contributed by atoms with Gasteiger partial charge in [0.1, 0.15) is 29.1 Å². The molecule has 14 heteroatoms. The molecule has 0 aliphatic carbocycles. The highest BCUT2D eigenvalue weighted by molar-refractivity contribution is 6.05. The van der Waals surface area contributed by atoms with Gasteiger partial charge in [0.05, 0.1) is 23.5 Å². The van der Waals surface area contributed by atoms with Crippen molar-refractivity contribution in [2.45, 2.75) is 31.8 Å². The summed E-state index contributed by atoms with van der Waals surface area (Å²) >= 11 is 0. The van der Waals surface area contributed by atoms with Crippen molar-refractivity contribution in [1.82, 2.24) is 29.8 Å². The van der Waals surface area contributed by atoms with Crippen molar-refractivity contribution in [2.75, 3.05) is 54.0 Å². The quantitative estimate of drug-likeness (QED) is 0.247. The van der Waals surface area contributed by atoms with Gasteiger partial charge in [-0.15, -0.1) is 0 Å². The Morgan fingerprint density at radius 1 is 0.840 bits per heavy atom. The average Bonchev–Trinajstić information content (AvgIpc) is 3.77. The van der Waals surface area contributed by atoms with Gasteiger partial charge in [-0.25, -0.2) is 32.4 Å². The van der Waals surface area contributed by atoms with Crippen LogP contribution in [-0.2, 0) is 11.3 Å². The van der Waals surface area contributed by atoms with Gasteiger partial charge in [0.25, 0.3) is 0 Å². The van der Waals surface area contributed by atoms with E-state index in [9.17, 15) is 18.4 Å². The molecule has 5 aromatic rings. The molecule has 0 bridgehead atoms. The largest absolute Gasteiger partial charge is 0.354 e. The number of hydrogen-bond acceptors (Lipinski definition) is 8. The van der Waals surface area contributed by atoms with Crippen LogP contribution in [0, 0.1) is 17.5 Å². The molecule has 3 saturated heterocycles. The van der Waals surface area contributed by atoms with E-state index < -0.39 is 23.5 Å². The highest BCUT2D eigenvalue weighted by atomic mass is 19.1. The van der Waals surface area contributed by atoms with Crippen molar-refractivity contribution >= 4 is 34.9 Å². The Bertz CT molecular complexity index is 2100. The van der Waals surface area contributed by atoms with Gasteiger partial charge in [0, 0.05) is 81.3 Å². The summed E-state index contributed by atoms with van der Waals surface area (Å²) in [7, 11) is 0. The standard InChI is InChI=1S/C36H34F3N9O2/c37-24-7-9-26(29(39)19-24)31-4-2-12-47(31)33-10-14-48-35(42-33)27(21-40-48)30-3-1-5-32(41-30)45-17-15-44(16-18-45)22-23-6-8-25(20-28(23)38)46-13-11-34(49)43-36(46)50/h1,3,5-10,14,19-21,31H,2,4,11-13,15-18,22H2,(H,43,49,50)/t31-/m1/s1. The van der Waals surface area contributed by atoms with Crippen LogP contribution in [0.2, 0.25) is 0 Å². The van der Waals surface area contributed by atoms with Gasteiger partial charge >= 0.3 is 6.03 Å². The number of fused-ring (bicyclic) bond motifs is 1. The summed E-state index contributed by atoms with van der Waals surface area (Å²) in [6, 6.07) is 15.4. The molecule has 50 heavy (non-hydrogen) atoms. The second kappa shape index (κ2) is 13.1. The normalized spacial score (nSPS) is 18.7. The minimum absolute atomic E-state index is 0.177. The number of nitrogens with zero attached hydrogens (tertiary/aromatic N) is 8. The number of piperazine rings is 1. The number of anilines is 3. The number of carbonyl (C=O) groups excluding carboxylic acids is 2. The molecule has 3 aromatic heterocycles. The number of carbonyl (C=O) groups is 2. The number of aromatic nitrogens is 4. The lowest BCUT2D eigenvalue weighted by Gasteiger charge is -2.35. The molecule has 3 amide bonds. The van der Waals surface area contributed by atoms with Crippen LogP contribution in [-0.4, -0.2) is 75.7 Å². The number of rotatable bonds is 7. The molecule has 1 N–H and O–H groups in total. The highest BCUT2D eigenvalue weighted by Gasteiger charge is 2.30. The fourth-order valence-corrected chi connectivity index (χ4v) is 7.10. The molecule has 8 rings (SSSR count). The van der Waals surface area contributed by atoms with Crippen LogP contribution >= 0.6 is 0 Å². The zero-order valence-corrected chi connectivity index (χ0v) is 27.1. The van der Waals surface area contributed by atoms with Gasteiger partial charge in [-0.1, -0.05) is 18.2 Å². The molecule has 2 aromatic carbocycles. The SMILES string of the molecule is O=C1CCN(c2ccc(CN3CCN(c4cccc(-c5cnn6ccc(N7CCC[C@@H]7c7ccc(F)cc7F)nc56)n4)CC3)c(F)c2)C(=O)N1. The zero-order chi connectivity index (χ0) is 34.4. The van der Waals surface area contributed by atoms with Crippen LogP contribution in [0.5, 0.6) is 0 Å². The number of amides is 3. The molecule has 256 valence electrons. The number of pyridine rings is 1. The van der Waals surface area contributed by atoms with Gasteiger partial charge in [-0.05, 0) is 49.2 Å². The van der Waals surface area contributed by atoms with Crippen molar-refractivity contribution in [2.24, 2.45) is 0 Å². The fraction of sp³-hybridized carbons (Fsp3) is 0.306. The molecule has 3 aliphatic heterocycles. The molecule has 6 heterocycles. The maximum atomic E-state index is 15.1. The van der Waals surface area contributed by atoms with Crippen LogP contribution in [0.4, 0.5) is 35.3 Å². The van der Waals surface area contributed by atoms with Gasteiger partial charge in [-0.2, -0.15) is 5.10 Å². The second-order valence-corrected chi connectivity index (χ2v) is 12.8. The third kappa shape index (κ3) is 6.10. The van der Waals surface area contributed by atoms with Gasteiger partial charge in [-0.3, -0.25) is 19.9 Å². The first kappa shape index (κ1) is 31.7. The Kier molecular flexibility index (Phi) is 8.31. The Morgan fingerprint density at radius 3 is 2.50 bits per heavy atom. The number of halogens is 3. The summed E-state index contributed by atoms with van der Waals surface area (Å²) in [5, 5.41) is 6.77. The first-order chi connectivity index (χ1) is 24.3. The summed E-state index contributed by atoms with van der Waals surface area (Å²) in [5.41, 5.74) is 3.54. The van der Waals surface area contributed by atoms with Crippen LogP contribution < -0.4 is 20.0 Å². The lowest BCUT2D eigenvalue weighted by atomic mass is 10.0. The Morgan fingerprint density at radius 2 is 1.70 bits per heavy atom. The minimum Gasteiger partial charge on any atom is -0.354 e. The molecule has 3 fully saturated rings. The van der Waals surface area contributed by atoms with Crippen LogP contribution in [0.25, 0.3) is 16.9 Å². The van der Waals surface area contributed by atoms with Gasteiger partial charge in [0.2, 0.25) is 5.91 Å². The maximum absolute atomic E-state index is 15.1. The third-order valence-corrected chi connectivity index (χ3v) is 9.73. The second-order valence-electron chi connectivity index (χ2n) is 12.8. The lowest BCUT2D eigenvalue weighted by molar-refractivity contribution is -0.120. The number of hydrogen-bond donors (Lipinski definition) is 1. The van der Waals surface area contributed by atoms with Crippen LogP contribution in [0.3, 0.4) is 0 Å². The first-order valence-electron chi connectivity index (χ1n) is 16.7. The lowest BCUT2D eigenvalue weighted by Crippen LogP contribution is -2.49. The summed E-state index contributed by atoms with van der Waals surface area (Å²) in [4.78, 5) is 41.4. The monoisotopic (exact) mass is 681 g/mol. The Labute approximate surface area is 285 Å². The minimum atomic E-state index is -0.597. The summed E-state index contributed by atoms with van der Waals surface area (Å²) < 4.78 is 45.2. The summed E-state index contributed by atoms with van der Waals surface area (Å²) in [5.74, 6) is -0.365. The molecule has 0 radical (unpaired) electrons. The van der Waals surface area contributed by atoms with Crippen molar-refractivity contribution < 1.29 is 22.8 Å². The average molecular weight is 682 g/mol. The molecule has 1 atom stereocenters. The van der Waals surface area contributed by atoms with Crippen molar-refractivity contribution in [1.29, 1.82) is 0 Å². The van der Waals surface area contributed by atoms with E-state index in [0.29, 0.717) is 67.5 Å². The molecule has 0 spiro atoms. The van der Waals surface area contributed by atoms with E-state index >= 15 is 4.39 Å². The summed E-state index contributed by atoms with van der Waals surface area (Å²) in [6.45, 7) is 4.16. The van der Waals surface area contributed by atoms with Crippen molar-refractivity contribution in [3.8, 4) is 11.3 Å². The predicted molar refractivity (Wildman–Crippen MR) is 181 cm³/mol. The van der Waals surface area contributed by atoms with Crippen molar-refractivity contribution in [3.05, 3.63) is 102 Å². The van der Waals surface area contributed by atoms with Crippen molar-refractivity contribution in [3.63, 3.8) is 0 Å². The third-order valence-electron chi connectivity index (χ3n) is 9.73. The van der Waals surface area contributed by atoms with E-state index in [4.69, 9.17) is 9.97 Å². The highest BCUT2D eigenvalue weighted by Crippen LogP contribution is 2.37. The van der Waals surface area contributed by atoms with Crippen LogP contribution in [0.15, 0.2) is 73.1 Å². The molecular weight excluding hydrogens is 647 g/mol.